The highest BCUT2D eigenvalue weighted by Gasteiger charge is 2.52. The summed E-state index contributed by atoms with van der Waals surface area (Å²) < 4.78 is 6.22. The normalized spacial score (nSPS) is 38.1. The number of rotatable bonds is 0. The number of fused-ring (bicyclic) bond motifs is 3. The minimum absolute atomic E-state index is 0.000370. The molecule has 1 atom stereocenters. The molecule has 2 N–H and O–H groups in total. The SMILES string of the molecule is Nc1cnc2c(c1)C[C@]1(CN3CCC1CC3)O2. The van der Waals surface area contributed by atoms with Crippen LogP contribution in [-0.4, -0.2) is 35.1 Å². The first-order valence-corrected chi connectivity index (χ1v) is 6.41. The number of nitrogen functional groups attached to an aromatic ring is 1. The first kappa shape index (κ1) is 9.71. The Kier molecular flexibility index (Phi) is 1.79. The fraction of sp³-hybridized carbons (Fsp3) is 0.615. The maximum absolute atomic E-state index is 6.22. The molecular formula is C13H17N3O. The van der Waals surface area contributed by atoms with E-state index in [2.05, 4.69) is 9.88 Å². The van der Waals surface area contributed by atoms with Crippen molar-refractivity contribution in [2.24, 2.45) is 5.92 Å². The predicted molar refractivity (Wildman–Crippen MR) is 64.9 cm³/mol. The molecule has 3 fully saturated rings. The van der Waals surface area contributed by atoms with Crippen LogP contribution >= 0.6 is 0 Å². The predicted octanol–water partition coefficient (Wildman–Crippen LogP) is 1.06. The summed E-state index contributed by atoms with van der Waals surface area (Å²) in [6.45, 7) is 3.54. The molecule has 0 unspecified atom stereocenters. The second-order valence-corrected chi connectivity index (χ2v) is 5.63. The van der Waals surface area contributed by atoms with Gasteiger partial charge in [0.2, 0.25) is 5.88 Å². The Labute approximate surface area is 101 Å². The Morgan fingerprint density at radius 1 is 1.41 bits per heavy atom. The number of pyridine rings is 1. The van der Waals surface area contributed by atoms with E-state index < -0.39 is 0 Å². The van der Waals surface area contributed by atoms with E-state index in [9.17, 15) is 0 Å². The molecule has 3 saturated heterocycles. The number of nitrogens with two attached hydrogens (primary N) is 1. The topological polar surface area (TPSA) is 51.4 Å². The van der Waals surface area contributed by atoms with E-state index in [-0.39, 0.29) is 5.60 Å². The minimum Gasteiger partial charge on any atom is -0.469 e. The van der Waals surface area contributed by atoms with E-state index in [0.29, 0.717) is 5.92 Å². The van der Waals surface area contributed by atoms with Crippen LogP contribution in [0.4, 0.5) is 5.69 Å². The van der Waals surface area contributed by atoms with E-state index in [1.807, 2.05) is 6.07 Å². The van der Waals surface area contributed by atoms with Gasteiger partial charge in [0.15, 0.2) is 0 Å². The van der Waals surface area contributed by atoms with E-state index in [4.69, 9.17) is 10.5 Å². The van der Waals surface area contributed by atoms with Crippen molar-refractivity contribution in [3.05, 3.63) is 17.8 Å². The summed E-state index contributed by atoms with van der Waals surface area (Å²) in [5.74, 6) is 1.51. The van der Waals surface area contributed by atoms with Gasteiger partial charge in [-0.2, -0.15) is 0 Å². The van der Waals surface area contributed by atoms with Gasteiger partial charge >= 0.3 is 0 Å². The smallest absolute Gasteiger partial charge is 0.217 e. The lowest BCUT2D eigenvalue weighted by Crippen LogP contribution is -2.61. The fourth-order valence-corrected chi connectivity index (χ4v) is 3.73. The molecule has 1 aromatic heterocycles. The van der Waals surface area contributed by atoms with Gasteiger partial charge in [0.05, 0.1) is 11.9 Å². The maximum Gasteiger partial charge on any atom is 0.217 e. The average molecular weight is 231 g/mol. The number of aromatic nitrogens is 1. The van der Waals surface area contributed by atoms with Gasteiger partial charge in [-0.25, -0.2) is 4.98 Å². The molecular weight excluding hydrogens is 214 g/mol. The van der Waals surface area contributed by atoms with Gasteiger partial charge in [-0.3, -0.25) is 4.90 Å². The third-order valence-corrected chi connectivity index (χ3v) is 4.56. The van der Waals surface area contributed by atoms with Crippen molar-refractivity contribution in [3.63, 3.8) is 0 Å². The molecule has 4 nitrogen and oxygen atoms in total. The zero-order chi connectivity index (χ0) is 11.5. The number of hydrogen-bond acceptors (Lipinski definition) is 4. The third-order valence-electron chi connectivity index (χ3n) is 4.56. The van der Waals surface area contributed by atoms with Crippen LogP contribution in [0.1, 0.15) is 18.4 Å². The van der Waals surface area contributed by atoms with Crippen LogP contribution in [0.5, 0.6) is 5.88 Å². The van der Waals surface area contributed by atoms with Crippen LogP contribution in [0.15, 0.2) is 12.3 Å². The molecule has 1 aromatic rings. The Balaban J connectivity index is 1.71. The largest absolute Gasteiger partial charge is 0.469 e. The number of piperidine rings is 3. The molecule has 0 aliphatic carbocycles. The number of hydrogen-bond donors (Lipinski definition) is 1. The van der Waals surface area contributed by atoms with E-state index in [0.717, 1.165) is 24.5 Å². The van der Waals surface area contributed by atoms with Crippen LogP contribution in [-0.2, 0) is 6.42 Å². The summed E-state index contributed by atoms with van der Waals surface area (Å²) in [6.07, 6.45) is 5.22. The first-order valence-electron chi connectivity index (χ1n) is 6.41. The van der Waals surface area contributed by atoms with Crippen molar-refractivity contribution in [2.45, 2.75) is 24.9 Å². The molecule has 1 spiro atoms. The van der Waals surface area contributed by atoms with Crippen molar-refractivity contribution < 1.29 is 4.74 Å². The molecule has 0 saturated carbocycles. The summed E-state index contributed by atoms with van der Waals surface area (Å²) in [5, 5.41) is 0. The average Bonchev–Trinajstić information content (AvgIpc) is 2.67. The third kappa shape index (κ3) is 1.30. The number of ether oxygens (including phenoxy) is 1. The monoisotopic (exact) mass is 231 g/mol. The molecule has 5 rings (SSSR count). The highest BCUT2D eigenvalue weighted by Crippen LogP contribution is 2.46. The van der Waals surface area contributed by atoms with Crippen LogP contribution in [0, 0.1) is 5.92 Å². The zero-order valence-electron chi connectivity index (χ0n) is 9.85. The molecule has 4 heteroatoms. The molecule has 90 valence electrons. The van der Waals surface area contributed by atoms with Gasteiger partial charge in [-0.1, -0.05) is 0 Å². The number of anilines is 1. The quantitative estimate of drug-likeness (QED) is 0.725. The van der Waals surface area contributed by atoms with Crippen LogP contribution in [0.2, 0.25) is 0 Å². The minimum atomic E-state index is -0.000370. The Morgan fingerprint density at radius 2 is 2.24 bits per heavy atom. The van der Waals surface area contributed by atoms with Crippen molar-refractivity contribution in [3.8, 4) is 5.88 Å². The van der Waals surface area contributed by atoms with E-state index in [1.54, 1.807) is 6.20 Å². The molecule has 0 aromatic carbocycles. The molecule has 0 amide bonds. The van der Waals surface area contributed by atoms with Crippen LogP contribution in [0.3, 0.4) is 0 Å². The molecule has 4 aliphatic rings. The lowest BCUT2D eigenvalue weighted by Gasteiger charge is -2.50. The van der Waals surface area contributed by atoms with Gasteiger partial charge in [-0.15, -0.1) is 0 Å². The van der Waals surface area contributed by atoms with E-state index in [1.165, 1.54) is 31.5 Å². The summed E-state index contributed by atoms with van der Waals surface area (Å²) >= 11 is 0. The second-order valence-electron chi connectivity index (χ2n) is 5.63. The van der Waals surface area contributed by atoms with Crippen molar-refractivity contribution in [1.82, 2.24) is 9.88 Å². The molecule has 5 heterocycles. The molecule has 17 heavy (non-hydrogen) atoms. The standard InChI is InChI=1S/C13H17N3O/c14-11-5-9-6-13(17-12(9)15-7-11)8-16-3-1-10(13)2-4-16/h5,7,10H,1-4,6,8,14H2/t13-/m1/s1. The zero-order valence-corrected chi connectivity index (χ0v) is 9.85. The summed E-state index contributed by atoms with van der Waals surface area (Å²) in [4.78, 5) is 6.85. The second kappa shape index (κ2) is 3.13. The number of nitrogens with zero attached hydrogens (tertiary/aromatic N) is 2. The van der Waals surface area contributed by atoms with E-state index >= 15 is 0 Å². The van der Waals surface area contributed by atoms with Crippen LogP contribution in [0.25, 0.3) is 0 Å². The Morgan fingerprint density at radius 3 is 2.94 bits per heavy atom. The lowest BCUT2D eigenvalue weighted by molar-refractivity contribution is -0.0814. The highest BCUT2D eigenvalue weighted by molar-refractivity contribution is 5.45. The van der Waals surface area contributed by atoms with Gasteiger partial charge in [0.25, 0.3) is 0 Å². The van der Waals surface area contributed by atoms with Gasteiger partial charge < -0.3 is 10.5 Å². The molecule has 2 bridgehead atoms. The molecule has 4 aliphatic heterocycles. The van der Waals surface area contributed by atoms with Gasteiger partial charge in [0.1, 0.15) is 5.60 Å². The summed E-state index contributed by atoms with van der Waals surface area (Å²) in [6, 6.07) is 2.02. The summed E-state index contributed by atoms with van der Waals surface area (Å²) in [5.41, 5.74) is 7.73. The first-order chi connectivity index (χ1) is 8.25. The van der Waals surface area contributed by atoms with Gasteiger partial charge in [-0.05, 0) is 32.0 Å². The lowest BCUT2D eigenvalue weighted by atomic mass is 9.73. The maximum atomic E-state index is 6.22. The van der Waals surface area contributed by atoms with Crippen LogP contribution < -0.4 is 10.5 Å². The Bertz CT molecular complexity index is 468. The highest BCUT2D eigenvalue weighted by atomic mass is 16.5. The summed E-state index contributed by atoms with van der Waals surface area (Å²) in [7, 11) is 0. The van der Waals surface area contributed by atoms with Gasteiger partial charge in [0, 0.05) is 24.4 Å². The van der Waals surface area contributed by atoms with Crippen molar-refractivity contribution >= 4 is 5.69 Å². The van der Waals surface area contributed by atoms with Crippen molar-refractivity contribution in [1.29, 1.82) is 0 Å². The van der Waals surface area contributed by atoms with Crippen molar-refractivity contribution in [2.75, 3.05) is 25.4 Å². The molecule has 0 radical (unpaired) electrons. The Hall–Kier alpha value is -1.29. The fourth-order valence-electron chi connectivity index (χ4n) is 3.73.